The van der Waals surface area contributed by atoms with Gasteiger partial charge in [0, 0.05) is 5.56 Å². The molecule has 0 spiro atoms. The average molecular weight is 305 g/mol. The summed E-state index contributed by atoms with van der Waals surface area (Å²) in [5.41, 5.74) is 0.158. The number of halogens is 1. The Morgan fingerprint density at radius 1 is 1.26 bits per heavy atom. The van der Waals surface area contributed by atoms with Crippen LogP contribution in [0.3, 0.4) is 0 Å². The van der Waals surface area contributed by atoms with E-state index in [9.17, 15) is 18.0 Å². The maximum Gasteiger partial charge on any atom is 0.306 e. The molecule has 0 amide bonds. The molecule has 0 heterocycles. The summed E-state index contributed by atoms with van der Waals surface area (Å²) < 4.78 is 27.7. The fraction of sp³-hybridized carbons (Fsp3) is 0.333. The molecular formula is C12H13ClO5S. The Bertz CT molecular complexity index is 580. The van der Waals surface area contributed by atoms with Gasteiger partial charge >= 0.3 is 5.97 Å². The minimum absolute atomic E-state index is 0.158. The van der Waals surface area contributed by atoms with E-state index in [4.69, 9.17) is 11.6 Å². The molecule has 0 aromatic heterocycles. The molecule has 1 aromatic carbocycles. The average Bonchev–Trinajstić information content (AvgIpc) is 2.36. The summed E-state index contributed by atoms with van der Waals surface area (Å²) in [6.07, 6.45) is -0.269. The van der Waals surface area contributed by atoms with Gasteiger partial charge in [-0.15, -0.1) is 0 Å². The van der Waals surface area contributed by atoms with Gasteiger partial charge in [-0.25, -0.2) is 8.42 Å². The van der Waals surface area contributed by atoms with E-state index < -0.39 is 33.1 Å². The zero-order valence-electron chi connectivity index (χ0n) is 10.3. The van der Waals surface area contributed by atoms with Gasteiger partial charge in [0.25, 0.3) is 0 Å². The molecule has 1 aromatic rings. The van der Waals surface area contributed by atoms with Gasteiger partial charge in [-0.1, -0.05) is 23.7 Å². The van der Waals surface area contributed by atoms with Crippen LogP contribution in [0.25, 0.3) is 0 Å². The molecule has 0 saturated heterocycles. The first kappa shape index (κ1) is 15.7. The van der Waals surface area contributed by atoms with Crippen LogP contribution >= 0.6 is 11.6 Å². The first-order valence-corrected chi connectivity index (χ1v) is 7.60. The fourth-order valence-corrected chi connectivity index (χ4v) is 2.80. The number of hydrogen-bond donors (Lipinski definition) is 0. The predicted molar refractivity (Wildman–Crippen MR) is 71.1 cm³/mol. The van der Waals surface area contributed by atoms with Crippen LogP contribution in [0, 0.1) is 0 Å². The zero-order chi connectivity index (χ0) is 14.5. The number of benzene rings is 1. The van der Waals surface area contributed by atoms with Gasteiger partial charge in [-0.05, 0) is 12.1 Å². The van der Waals surface area contributed by atoms with Gasteiger partial charge in [0.15, 0.2) is 15.6 Å². The van der Waals surface area contributed by atoms with Crippen LogP contribution < -0.4 is 0 Å². The van der Waals surface area contributed by atoms with Crippen molar-refractivity contribution >= 4 is 33.2 Å². The minimum Gasteiger partial charge on any atom is -0.469 e. The summed E-state index contributed by atoms with van der Waals surface area (Å²) in [4.78, 5) is 22.7. The number of rotatable bonds is 6. The summed E-state index contributed by atoms with van der Waals surface area (Å²) in [7, 11) is -2.49. The number of ketones is 1. The molecule has 0 aliphatic rings. The molecule has 0 aliphatic carbocycles. The third-order valence-electron chi connectivity index (χ3n) is 2.37. The predicted octanol–water partition coefficient (Wildman–Crippen LogP) is 1.50. The number of hydrogen-bond acceptors (Lipinski definition) is 5. The van der Waals surface area contributed by atoms with E-state index in [0.717, 1.165) is 0 Å². The lowest BCUT2D eigenvalue weighted by Gasteiger charge is -2.04. The molecule has 104 valence electrons. The molecular weight excluding hydrogens is 292 g/mol. The van der Waals surface area contributed by atoms with Crippen LogP contribution in [-0.4, -0.2) is 38.8 Å². The number of carbonyl (C=O) groups excluding carboxylic acids is 2. The quantitative estimate of drug-likeness (QED) is 0.588. The number of sulfone groups is 1. The number of carbonyl (C=O) groups is 2. The molecule has 0 unspecified atom stereocenters. The van der Waals surface area contributed by atoms with Crippen LogP contribution in [0.2, 0.25) is 5.02 Å². The van der Waals surface area contributed by atoms with Crippen LogP contribution in [0.5, 0.6) is 0 Å². The zero-order valence-corrected chi connectivity index (χ0v) is 11.8. The number of methoxy groups -OCH3 is 1. The smallest absolute Gasteiger partial charge is 0.306 e. The number of esters is 1. The van der Waals surface area contributed by atoms with E-state index in [-0.39, 0.29) is 17.0 Å². The van der Waals surface area contributed by atoms with Crippen molar-refractivity contribution in [1.82, 2.24) is 0 Å². The van der Waals surface area contributed by atoms with E-state index in [0.29, 0.717) is 0 Å². The number of Topliss-reactive ketones (excluding diaryl/α,β-unsaturated/α-hetero) is 1. The van der Waals surface area contributed by atoms with E-state index in [1.807, 2.05) is 0 Å². The molecule has 1 rings (SSSR count). The summed E-state index contributed by atoms with van der Waals surface area (Å²) in [5, 5.41) is 0.204. The van der Waals surface area contributed by atoms with Crippen LogP contribution in [0.15, 0.2) is 24.3 Å². The third kappa shape index (κ3) is 5.00. The fourth-order valence-electron chi connectivity index (χ4n) is 1.38. The topological polar surface area (TPSA) is 77.5 Å². The molecule has 0 radical (unpaired) electrons. The summed E-state index contributed by atoms with van der Waals surface area (Å²) in [6.45, 7) is 0. The molecule has 0 bridgehead atoms. The van der Waals surface area contributed by atoms with Crippen LogP contribution in [-0.2, 0) is 19.4 Å². The lowest BCUT2D eigenvalue weighted by Crippen LogP contribution is -2.21. The second-order valence-electron chi connectivity index (χ2n) is 3.82. The van der Waals surface area contributed by atoms with Crippen molar-refractivity contribution in [2.75, 3.05) is 18.6 Å². The van der Waals surface area contributed by atoms with E-state index in [1.165, 1.54) is 19.2 Å². The van der Waals surface area contributed by atoms with Crippen molar-refractivity contribution < 1.29 is 22.7 Å². The van der Waals surface area contributed by atoms with E-state index in [2.05, 4.69) is 4.74 Å². The maximum absolute atomic E-state index is 11.8. The molecule has 0 saturated carbocycles. The van der Waals surface area contributed by atoms with Crippen LogP contribution in [0.1, 0.15) is 16.8 Å². The first-order chi connectivity index (χ1) is 8.85. The Balaban J connectivity index is 2.71. The van der Waals surface area contributed by atoms with Gasteiger partial charge in [0.2, 0.25) is 0 Å². The highest BCUT2D eigenvalue weighted by Crippen LogP contribution is 2.16. The van der Waals surface area contributed by atoms with Crippen molar-refractivity contribution in [3.8, 4) is 0 Å². The van der Waals surface area contributed by atoms with Crippen molar-refractivity contribution in [1.29, 1.82) is 0 Å². The summed E-state index contributed by atoms with van der Waals surface area (Å²) in [5.74, 6) is -2.31. The van der Waals surface area contributed by atoms with Gasteiger partial charge < -0.3 is 4.74 Å². The Labute approximate surface area is 116 Å². The monoisotopic (exact) mass is 304 g/mol. The molecule has 5 nitrogen and oxygen atoms in total. The third-order valence-corrected chi connectivity index (χ3v) is 4.23. The molecule has 19 heavy (non-hydrogen) atoms. The van der Waals surface area contributed by atoms with Gasteiger partial charge in [-0.2, -0.15) is 0 Å². The Hall–Kier alpha value is -1.40. The highest BCUT2D eigenvalue weighted by atomic mass is 35.5. The maximum atomic E-state index is 11.8. The molecule has 0 fully saturated rings. The van der Waals surface area contributed by atoms with Gasteiger partial charge in [-0.3, -0.25) is 9.59 Å². The second-order valence-corrected chi connectivity index (χ2v) is 6.41. The lowest BCUT2D eigenvalue weighted by molar-refractivity contribution is -0.140. The van der Waals surface area contributed by atoms with Crippen LogP contribution in [0.4, 0.5) is 0 Å². The Kier molecular flexibility index (Phi) is 5.50. The first-order valence-electron chi connectivity index (χ1n) is 5.40. The highest BCUT2D eigenvalue weighted by molar-refractivity contribution is 7.92. The largest absolute Gasteiger partial charge is 0.469 e. The van der Waals surface area contributed by atoms with Gasteiger partial charge in [0.1, 0.15) is 5.75 Å². The highest BCUT2D eigenvalue weighted by Gasteiger charge is 2.20. The standard InChI is InChI=1S/C12H13ClO5S/c1-18-12(15)6-7-19(16,17)8-11(14)9-4-2-3-5-10(9)13/h2-5H,6-8H2,1H3. The molecule has 7 heteroatoms. The Morgan fingerprint density at radius 2 is 1.89 bits per heavy atom. The second kappa shape index (κ2) is 6.68. The van der Waals surface area contributed by atoms with E-state index in [1.54, 1.807) is 12.1 Å². The van der Waals surface area contributed by atoms with Crippen molar-refractivity contribution in [2.24, 2.45) is 0 Å². The van der Waals surface area contributed by atoms with Crippen molar-refractivity contribution in [3.63, 3.8) is 0 Å². The normalized spacial score (nSPS) is 11.1. The van der Waals surface area contributed by atoms with Gasteiger partial charge in [0.05, 0.1) is 24.3 Å². The SMILES string of the molecule is COC(=O)CCS(=O)(=O)CC(=O)c1ccccc1Cl. The minimum atomic E-state index is -3.66. The van der Waals surface area contributed by atoms with E-state index >= 15 is 0 Å². The molecule has 0 atom stereocenters. The van der Waals surface area contributed by atoms with Crippen molar-refractivity contribution in [2.45, 2.75) is 6.42 Å². The lowest BCUT2D eigenvalue weighted by atomic mass is 10.1. The summed E-state index contributed by atoms with van der Waals surface area (Å²) >= 11 is 5.81. The molecule has 0 N–H and O–H groups in total. The number of ether oxygens (including phenoxy) is 1. The molecule has 0 aliphatic heterocycles. The van der Waals surface area contributed by atoms with Crippen molar-refractivity contribution in [3.05, 3.63) is 34.9 Å². The summed E-state index contributed by atoms with van der Waals surface area (Å²) in [6, 6.07) is 6.21. The Morgan fingerprint density at radius 3 is 2.47 bits per heavy atom.